The van der Waals surface area contributed by atoms with Gasteiger partial charge in [-0.1, -0.05) is 43.0 Å². The molecule has 0 unspecified atom stereocenters. The zero-order chi connectivity index (χ0) is 11.1. The van der Waals surface area contributed by atoms with Gasteiger partial charge in [-0.3, -0.25) is 0 Å². The number of carbonyl (C=O) groups excluding carboxylic acids is 1. The molecule has 0 saturated heterocycles. The fourth-order valence-electron chi connectivity index (χ4n) is 1.20. The summed E-state index contributed by atoms with van der Waals surface area (Å²) in [5, 5.41) is 0. The van der Waals surface area contributed by atoms with Crippen molar-refractivity contribution in [1.82, 2.24) is 0 Å². The summed E-state index contributed by atoms with van der Waals surface area (Å²) in [6.07, 6.45) is 3.10. The second-order valence-corrected chi connectivity index (χ2v) is 2.92. The van der Waals surface area contributed by atoms with Crippen LogP contribution in [-0.2, 0) is 9.53 Å². The van der Waals surface area contributed by atoms with E-state index in [0.717, 1.165) is 11.1 Å². The lowest BCUT2D eigenvalue weighted by atomic mass is 10.1. The van der Waals surface area contributed by atoms with E-state index in [1.54, 1.807) is 13.0 Å². The average molecular weight is 202 g/mol. The van der Waals surface area contributed by atoms with Crippen molar-refractivity contribution >= 4 is 11.5 Å². The van der Waals surface area contributed by atoms with Crippen LogP contribution in [0.25, 0.3) is 5.57 Å². The Kier molecular flexibility index (Phi) is 4.35. The molecule has 0 N–H and O–H groups in total. The molecule has 0 saturated carbocycles. The molecule has 0 spiro atoms. The van der Waals surface area contributed by atoms with Gasteiger partial charge in [0.15, 0.2) is 0 Å². The van der Waals surface area contributed by atoms with E-state index in [0.29, 0.717) is 6.61 Å². The quantitative estimate of drug-likeness (QED) is 0.426. The first-order valence-corrected chi connectivity index (χ1v) is 4.84. The molecule has 1 aromatic rings. The van der Waals surface area contributed by atoms with Gasteiger partial charge in [0.1, 0.15) is 0 Å². The second kappa shape index (κ2) is 5.81. The normalized spacial score (nSPS) is 10.9. The molecule has 0 aliphatic carbocycles. The third kappa shape index (κ3) is 3.43. The molecule has 0 amide bonds. The van der Waals surface area contributed by atoms with E-state index in [2.05, 4.69) is 6.58 Å². The van der Waals surface area contributed by atoms with Crippen molar-refractivity contribution in [2.75, 3.05) is 6.61 Å². The maximum atomic E-state index is 11.2. The van der Waals surface area contributed by atoms with Crippen LogP contribution < -0.4 is 0 Å². The maximum absolute atomic E-state index is 11.2. The Morgan fingerprint density at radius 1 is 1.40 bits per heavy atom. The van der Waals surface area contributed by atoms with Crippen LogP contribution in [0.5, 0.6) is 0 Å². The van der Waals surface area contributed by atoms with E-state index in [4.69, 9.17) is 4.74 Å². The molecule has 0 fully saturated rings. The van der Waals surface area contributed by atoms with Gasteiger partial charge in [0.2, 0.25) is 0 Å². The Morgan fingerprint density at radius 3 is 2.60 bits per heavy atom. The lowest BCUT2D eigenvalue weighted by Gasteiger charge is -2.02. The molecule has 0 radical (unpaired) electrons. The fraction of sp³-hybridized carbons (Fsp3) is 0.154. The zero-order valence-electron chi connectivity index (χ0n) is 8.77. The van der Waals surface area contributed by atoms with Gasteiger partial charge in [-0.05, 0) is 18.1 Å². The first kappa shape index (κ1) is 11.2. The molecule has 78 valence electrons. The van der Waals surface area contributed by atoms with Crippen LogP contribution in [-0.4, -0.2) is 12.6 Å². The third-order valence-electron chi connectivity index (χ3n) is 1.89. The average Bonchev–Trinajstić information content (AvgIpc) is 2.27. The van der Waals surface area contributed by atoms with Crippen molar-refractivity contribution in [3.05, 3.63) is 54.6 Å². The first-order valence-electron chi connectivity index (χ1n) is 4.84. The van der Waals surface area contributed by atoms with Crippen LogP contribution in [0, 0.1) is 0 Å². The molecule has 0 bridgehead atoms. The lowest BCUT2D eigenvalue weighted by Crippen LogP contribution is -2.00. The summed E-state index contributed by atoms with van der Waals surface area (Å²) in [7, 11) is 0. The summed E-state index contributed by atoms with van der Waals surface area (Å²) in [6.45, 7) is 5.84. The molecule has 1 rings (SSSR count). The highest BCUT2D eigenvalue weighted by molar-refractivity contribution is 5.93. The predicted octanol–water partition coefficient (Wildman–Crippen LogP) is 2.82. The van der Waals surface area contributed by atoms with E-state index in [9.17, 15) is 4.79 Å². The summed E-state index contributed by atoms with van der Waals surface area (Å²) < 4.78 is 4.83. The van der Waals surface area contributed by atoms with Crippen molar-refractivity contribution in [3.8, 4) is 0 Å². The molecule has 0 aliphatic heterocycles. The SMILES string of the molecule is C=C/C(=C\C(=O)OCC)c1ccccc1. The summed E-state index contributed by atoms with van der Waals surface area (Å²) in [5.41, 5.74) is 1.73. The fourth-order valence-corrected chi connectivity index (χ4v) is 1.20. The largest absolute Gasteiger partial charge is 0.463 e. The van der Waals surface area contributed by atoms with Crippen molar-refractivity contribution in [2.24, 2.45) is 0 Å². The van der Waals surface area contributed by atoms with Crippen molar-refractivity contribution in [2.45, 2.75) is 6.92 Å². The van der Waals surface area contributed by atoms with Gasteiger partial charge < -0.3 is 4.74 Å². The van der Waals surface area contributed by atoms with Crippen LogP contribution in [0.3, 0.4) is 0 Å². The number of ether oxygens (including phenoxy) is 1. The van der Waals surface area contributed by atoms with Crippen LogP contribution in [0.15, 0.2) is 49.1 Å². The van der Waals surface area contributed by atoms with Crippen molar-refractivity contribution < 1.29 is 9.53 Å². The first-order chi connectivity index (χ1) is 7.27. The summed E-state index contributed by atoms with van der Waals surface area (Å²) in [6, 6.07) is 9.60. The van der Waals surface area contributed by atoms with Crippen molar-refractivity contribution in [3.63, 3.8) is 0 Å². The smallest absolute Gasteiger partial charge is 0.331 e. The Bertz CT molecular complexity index is 363. The molecule has 15 heavy (non-hydrogen) atoms. The predicted molar refractivity (Wildman–Crippen MR) is 61.2 cm³/mol. The molecule has 0 atom stereocenters. The molecule has 2 heteroatoms. The maximum Gasteiger partial charge on any atom is 0.331 e. The Morgan fingerprint density at radius 2 is 2.07 bits per heavy atom. The third-order valence-corrected chi connectivity index (χ3v) is 1.89. The Balaban J connectivity index is 2.89. The Hall–Kier alpha value is -1.83. The van der Waals surface area contributed by atoms with Gasteiger partial charge in [-0.15, -0.1) is 0 Å². The van der Waals surface area contributed by atoms with Crippen LogP contribution >= 0.6 is 0 Å². The topological polar surface area (TPSA) is 26.3 Å². The van der Waals surface area contributed by atoms with Crippen LogP contribution in [0.4, 0.5) is 0 Å². The highest BCUT2D eigenvalue weighted by atomic mass is 16.5. The minimum Gasteiger partial charge on any atom is -0.463 e. The number of hydrogen-bond acceptors (Lipinski definition) is 2. The molecule has 2 nitrogen and oxygen atoms in total. The van der Waals surface area contributed by atoms with Gasteiger partial charge in [-0.25, -0.2) is 4.79 Å². The minimum absolute atomic E-state index is 0.337. The van der Waals surface area contributed by atoms with Crippen LogP contribution in [0.2, 0.25) is 0 Å². The lowest BCUT2D eigenvalue weighted by molar-refractivity contribution is -0.137. The number of hydrogen-bond donors (Lipinski definition) is 0. The van der Waals surface area contributed by atoms with Gasteiger partial charge in [0.05, 0.1) is 6.61 Å². The number of allylic oxidation sites excluding steroid dienone is 2. The number of carbonyl (C=O) groups is 1. The second-order valence-electron chi connectivity index (χ2n) is 2.92. The monoisotopic (exact) mass is 202 g/mol. The molecular formula is C13H14O2. The number of esters is 1. The number of rotatable bonds is 4. The molecule has 1 aromatic carbocycles. The Labute approximate surface area is 89.9 Å². The summed E-state index contributed by atoms with van der Waals surface area (Å²) >= 11 is 0. The van der Waals surface area contributed by atoms with Gasteiger partial charge >= 0.3 is 5.97 Å². The zero-order valence-corrected chi connectivity index (χ0v) is 8.77. The number of benzene rings is 1. The van der Waals surface area contributed by atoms with Gasteiger partial charge in [0, 0.05) is 6.08 Å². The highest BCUT2D eigenvalue weighted by Crippen LogP contribution is 2.14. The van der Waals surface area contributed by atoms with Crippen molar-refractivity contribution in [1.29, 1.82) is 0 Å². The van der Waals surface area contributed by atoms with E-state index < -0.39 is 0 Å². The summed E-state index contributed by atoms with van der Waals surface area (Å²) in [5.74, 6) is -0.337. The molecule has 0 aromatic heterocycles. The standard InChI is InChI=1S/C13H14O2/c1-3-11(10-13(14)15-4-2)12-8-6-5-7-9-12/h3,5-10H,1,4H2,2H3/b11-10+. The minimum atomic E-state index is -0.337. The van der Waals surface area contributed by atoms with E-state index in [1.807, 2.05) is 30.3 Å². The molecule has 0 heterocycles. The summed E-state index contributed by atoms with van der Waals surface area (Å²) in [4.78, 5) is 11.2. The van der Waals surface area contributed by atoms with Crippen LogP contribution in [0.1, 0.15) is 12.5 Å². The van der Waals surface area contributed by atoms with E-state index in [-0.39, 0.29) is 5.97 Å². The molecular weight excluding hydrogens is 188 g/mol. The highest BCUT2D eigenvalue weighted by Gasteiger charge is 2.01. The van der Waals surface area contributed by atoms with Gasteiger partial charge in [-0.2, -0.15) is 0 Å². The molecule has 0 aliphatic rings. The van der Waals surface area contributed by atoms with Gasteiger partial charge in [0.25, 0.3) is 0 Å². The van der Waals surface area contributed by atoms with E-state index >= 15 is 0 Å². The van der Waals surface area contributed by atoms with E-state index in [1.165, 1.54) is 6.08 Å².